The Morgan fingerprint density at radius 1 is 1.29 bits per heavy atom. The number of rotatable bonds is 10. The summed E-state index contributed by atoms with van der Waals surface area (Å²) in [5.41, 5.74) is 8.96. The fourth-order valence-corrected chi connectivity index (χ4v) is 4.75. The predicted octanol–water partition coefficient (Wildman–Crippen LogP) is 4.87. The third kappa shape index (κ3) is 6.73. The molecule has 0 aromatic carbocycles. The van der Waals surface area contributed by atoms with E-state index in [4.69, 9.17) is 22.4 Å². The number of anilines is 2. The zero-order valence-corrected chi connectivity index (χ0v) is 23.8. The zero-order chi connectivity index (χ0) is 29.5. The number of allylic oxidation sites excluding steroid dienone is 2. The highest BCUT2D eigenvalue weighted by Gasteiger charge is 2.25. The molecule has 41 heavy (non-hydrogen) atoms. The summed E-state index contributed by atoms with van der Waals surface area (Å²) in [6, 6.07) is 5.22. The standard InChI is InChI=1S/C31H32ClN7O2/c1-5-21-19-35-30(33)27-28(37-39(29(21)27)20(3)10-9-17-38(4)26(40)6-2)22-12-13-23(18-24(32)15-14-22)31(41)36-25-11-7-8-16-34-25/h5-8,11-13,16,18-20,22,24H,1-2,9-10,17H2,3-4H3,(H2,33,35)(H,34,36,41)/b13-12?,23-18+. The number of carbonyl (C=O) groups excluding carboxylic acids is 2. The van der Waals surface area contributed by atoms with Gasteiger partial charge in [0.15, 0.2) is 0 Å². The highest BCUT2D eigenvalue weighted by Crippen LogP contribution is 2.35. The van der Waals surface area contributed by atoms with Crippen LogP contribution in [-0.2, 0) is 9.59 Å². The molecule has 3 unspecified atom stereocenters. The molecule has 0 radical (unpaired) electrons. The van der Waals surface area contributed by atoms with E-state index in [-0.39, 0.29) is 17.9 Å². The molecule has 0 saturated carbocycles. The summed E-state index contributed by atoms with van der Waals surface area (Å²) in [7, 11) is 1.75. The lowest BCUT2D eigenvalue weighted by molar-refractivity contribution is -0.124. The number of amides is 2. The van der Waals surface area contributed by atoms with Crippen LogP contribution in [0.25, 0.3) is 17.0 Å². The van der Waals surface area contributed by atoms with Gasteiger partial charge in [-0.05, 0) is 44.1 Å². The van der Waals surface area contributed by atoms with Crippen LogP contribution in [-0.4, -0.2) is 55.4 Å². The van der Waals surface area contributed by atoms with Crippen molar-refractivity contribution >= 4 is 52.0 Å². The number of nitrogen functional groups attached to an aromatic ring is 1. The molecule has 3 aromatic heterocycles. The largest absolute Gasteiger partial charge is 0.383 e. The summed E-state index contributed by atoms with van der Waals surface area (Å²) in [4.78, 5) is 35.0. The van der Waals surface area contributed by atoms with Crippen molar-refractivity contribution in [2.45, 2.75) is 37.1 Å². The highest BCUT2D eigenvalue weighted by atomic mass is 35.5. The Morgan fingerprint density at radius 2 is 2.10 bits per heavy atom. The van der Waals surface area contributed by atoms with Crippen LogP contribution in [0.5, 0.6) is 0 Å². The van der Waals surface area contributed by atoms with Crippen LogP contribution in [0.2, 0.25) is 0 Å². The number of pyridine rings is 2. The maximum Gasteiger partial charge on any atom is 0.256 e. The number of likely N-dealkylation sites (N-methyl/N-ethyl adjacent to an activating group) is 1. The first-order chi connectivity index (χ1) is 19.7. The third-order valence-corrected chi connectivity index (χ3v) is 6.98. The smallest absolute Gasteiger partial charge is 0.256 e. The van der Waals surface area contributed by atoms with Gasteiger partial charge in [-0.2, -0.15) is 5.10 Å². The van der Waals surface area contributed by atoms with Gasteiger partial charge < -0.3 is 16.0 Å². The molecule has 2 amide bonds. The average molecular weight is 570 g/mol. The van der Waals surface area contributed by atoms with E-state index in [1.807, 2.05) is 10.8 Å². The van der Waals surface area contributed by atoms with E-state index in [1.165, 1.54) is 6.08 Å². The van der Waals surface area contributed by atoms with E-state index in [1.54, 1.807) is 60.8 Å². The van der Waals surface area contributed by atoms with Gasteiger partial charge in [0, 0.05) is 43.2 Å². The number of carbonyl (C=O) groups is 2. The van der Waals surface area contributed by atoms with E-state index in [0.717, 1.165) is 23.9 Å². The molecule has 0 fully saturated rings. The first kappa shape index (κ1) is 29.3. The fourth-order valence-electron chi connectivity index (χ4n) is 4.55. The lowest BCUT2D eigenvalue weighted by atomic mass is 9.98. The molecule has 3 heterocycles. The van der Waals surface area contributed by atoms with Gasteiger partial charge >= 0.3 is 0 Å². The molecule has 1 aliphatic rings. The second-order valence-corrected chi connectivity index (χ2v) is 10.1. The zero-order valence-electron chi connectivity index (χ0n) is 23.0. The van der Waals surface area contributed by atoms with E-state index in [2.05, 4.69) is 47.2 Å². The minimum Gasteiger partial charge on any atom is -0.383 e. The van der Waals surface area contributed by atoms with Crippen LogP contribution in [0.3, 0.4) is 0 Å². The summed E-state index contributed by atoms with van der Waals surface area (Å²) < 4.78 is 1.92. The van der Waals surface area contributed by atoms with Crippen molar-refractivity contribution in [1.29, 1.82) is 0 Å². The van der Waals surface area contributed by atoms with Gasteiger partial charge in [0.2, 0.25) is 5.91 Å². The van der Waals surface area contributed by atoms with Gasteiger partial charge in [-0.15, -0.1) is 11.6 Å². The maximum absolute atomic E-state index is 13.0. The molecular formula is C31H32ClN7O2. The molecule has 4 rings (SSSR count). The van der Waals surface area contributed by atoms with Gasteiger partial charge in [0.1, 0.15) is 17.0 Å². The van der Waals surface area contributed by atoms with Gasteiger partial charge in [-0.1, -0.05) is 49.3 Å². The molecule has 210 valence electrons. The molecule has 3 N–H and O–H groups in total. The van der Waals surface area contributed by atoms with Crippen molar-refractivity contribution in [1.82, 2.24) is 24.6 Å². The second kappa shape index (κ2) is 13.1. The highest BCUT2D eigenvalue weighted by molar-refractivity contribution is 6.24. The van der Waals surface area contributed by atoms with Gasteiger partial charge in [0.05, 0.1) is 22.5 Å². The number of fused-ring (bicyclic) bond motifs is 1. The average Bonchev–Trinajstić information content (AvgIpc) is 3.37. The van der Waals surface area contributed by atoms with Crippen LogP contribution in [0.15, 0.2) is 73.6 Å². The number of nitrogens with zero attached hydrogens (tertiary/aromatic N) is 5. The predicted molar refractivity (Wildman–Crippen MR) is 164 cm³/mol. The second-order valence-electron chi connectivity index (χ2n) is 9.63. The molecule has 3 aromatic rings. The molecule has 10 heteroatoms. The van der Waals surface area contributed by atoms with Crippen molar-refractivity contribution in [3.63, 3.8) is 0 Å². The lowest BCUT2D eigenvalue weighted by Gasteiger charge is -2.18. The number of hydrogen-bond donors (Lipinski definition) is 2. The molecule has 9 nitrogen and oxygen atoms in total. The number of alkyl halides is 1. The van der Waals surface area contributed by atoms with Crippen molar-refractivity contribution < 1.29 is 9.59 Å². The Kier molecular flexibility index (Phi) is 9.37. The number of nitrogens with one attached hydrogen (secondary N) is 1. The number of aromatic nitrogens is 4. The van der Waals surface area contributed by atoms with Crippen LogP contribution < -0.4 is 11.1 Å². The van der Waals surface area contributed by atoms with Crippen LogP contribution in [0.1, 0.15) is 43.0 Å². The quantitative estimate of drug-likeness (QED) is 0.204. The minimum absolute atomic E-state index is 0.0372. The number of halogens is 1. The Balaban J connectivity index is 1.69. The van der Waals surface area contributed by atoms with Gasteiger partial charge in [0.25, 0.3) is 5.91 Å². The molecule has 0 bridgehead atoms. The molecule has 0 spiro atoms. The normalized spacial score (nSPS) is 18.2. The van der Waals surface area contributed by atoms with Gasteiger partial charge in [-0.3, -0.25) is 14.3 Å². The number of nitrogens with two attached hydrogens (primary N) is 1. The summed E-state index contributed by atoms with van der Waals surface area (Å²) >= 11 is 6.47. The first-order valence-electron chi connectivity index (χ1n) is 13.2. The van der Waals surface area contributed by atoms with E-state index in [0.29, 0.717) is 34.8 Å². The van der Waals surface area contributed by atoms with Crippen LogP contribution in [0.4, 0.5) is 11.6 Å². The topological polar surface area (TPSA) is 119 Å². The van der Waals surface area contributed by atoms with Crippen molar-refractivity contribution in [2.24, 2.45) is 0 Å². The Bertz CT molecular complexity index is 1600. The Labute approximate surface area is 244 Å². The molecule has 3 atom stereocenters. The minimum atomic E-state index is -0.700. The summed E-state index contributed by atoms with van der Waals surface area (Å²) in [6.07, 6.45) is 12.9. The van der Waals surface area contributed by atoms with Crippen LogP contribution in [0, 0.1) is 11.8 Å². The van der Waals surface area contributed by atoms with E-state index in [9.17, 15) is 9.59 Å². The number of hydrogen-bond acceptors (Lipinski definition) is 6. The summed E-state index contributed by atoms with van der Waals surface area (Å²) in [5.74, 6) is 5.96. The fraction of sp³-hybridized carbons (Fsp3) is 0.258. The van der Waals surface area contributed by atoms with Crippen molar-refractivity contribution in [2.75, 3.05) is 24.6 Å². The van der Waals surface area contributed by atoms with E-state index < -0.39 is 11.3 Å². The SMILES string of the molecule is C=CC(=O)N(C)CCCC(C)n1nc(C2C#CC(Cl)/C=C(/C(=O)Nc3ccccn3)C=C2)c2c(N)ncc(C=C)c21. The monoisotopic (exact) mass is 569 g/mol. The van der Waals surface area contributed by atoms with E-state index >= 15 is 0 Å². The first-order valence-corrected chi connectivity index (χ1v) is 13.6. The van der Waals surface area contributed by atoms with Crippen molar-refractivity contribution in [3.8, 4) is 11.8 Å². The maximum atomic E-state index is 13.0. The Hall–Kier alpha value is -4.68. The molecular weight excluding hydrogens is 538 g/mol. The Morgan fingerprint density at radius 3 is 2.80 bits per heavy atom. The van der Waals surface area contributed by atoms with Crippen molar-refractivity contribution in [3.05, 3.63) is 84.9 Å². The molecule has 0 aliphatic heterocycles. The molecule has 1 aliphatic carbocycles. The third-order valence-electron chi connectivity index (χ3n) is 6.75. The summed E-state index contributed by atoms with van der Waals surface area (Å²) in [6.45, 7) is 10.1. The summed E-state index contributed by atoms with van der Waals surface area (Å²) in [5, 5.41) is 7.74. The molecule has 0 saturated heterocycles. The lowest BCUT2D eigenvalue weighted by Crippen LogP contribution is -2.26. The van der Waals surface area contributed by atoms with Crippen LogP contribution >= 0.6 is 11.6 Å². The van der Waals surface area contributed by atoms with Gasteiger partial charge in [-0.25, -0.2) is 9.97 Å².